The predicted octanol–water partition coefficient (Wildman–Crippen LogP) is 3.43. The number of rotatable bonds is 2. The minimum atomic E-state index is -1.24. The van der Waals surface area contributed by atoms with Crippen molar-refractivity contribution in [2.45, 2.75) is 51.7 Å². The number of hydrogen-bond donors (Lipinski definition) is 1. The van der Waals surface area contributed by atoms with Crippen LogP contribution >= 0.6 is 0 Å². The highest BCUT2D eigenvalue weighted by atomic mass is 16.7. The van der Waals surface area contributed by atoms with E-state index in [0.29, 0.717) is 18.5 Å². The Balaban J connectivity index is 2.17. The lowest BCUT2D eigenvalue weighted by atomic mass is 10.0. The maximum Gasteiger partial charge on any atom is 0.517 e. The normalized spacial score (nSPS) is 24.8. The Hall–Kier alpha value is -1.92. The second kappa shape index (κ2) is 6.68. The number of piperidine rings is 1. The van der Waals surface area contributed by atoms with Gasteiger partial charge in [-0.3, -0.25) is 4.79 Å². The van der Waals surface area contributed by atoms with Gasteiger partial charge in [0, 0.05) is 12.1 Å². The van der Waals surface area contributed by atoms with Gasteiger partial charge in [0.25, 0.3) is 5.91 Å². The fraction of sp³-hybridized carbons (Fsp3) is 0.529. The third kappa shape index (κ3) is 4.30. The molecule has 1 fully saturated rings. The van der Waals surface area contributed by atoms with Crippen molar-refractivity contribution in [2.75, 3.05) is 11.9 Å². The lowest BCUT2D eigenvalue weighted by molar-refractivity contribution is -0.831. The molecule has 2 amide bonds. The molecule has 2 unspecified atom stereocenters. The zero-order valence-electron chi connectivity index (χ0n) is 13.9. The van der Waals surface area contributed by atoms with Crippen molar-refractivity contribution in [1.82, 2.24) is 0 Å². The molecule has 1 heterocycles. The summed E-state index contributed by atoms with van der Waals surface area (Å²) in [5, 5.41) is 15.8. The van der Waals surface area contributed by atoms with E-state index in [4.69, 9.17) is 4.74 Å². The van der Waals surface area contributed by atoms with Crippen LogP contribution in [-0.2, 0) is 9.53 Å². The lowest BCUT2D eigenvalue weighted by Gasteiger charge is -2.46. The van der Waals surface area contributed by atoms with Gasteiger partial charge in [-0.25, -0.2) is 4.65 Å². The van der Waals surface area contributed by atoms with Crippen LogP contribution in [0.4, 0.5) is 10.5 Å². The number of amides is 2. The molecule has 6 heteroatoms. The number of anilines is 1. The molecule has 126 valence electrons. The maximum atomic E-state index is 13.1. The number of likely N-dealkylation sites (tertiary alicyclic amines) is 1. The summed E-state index contributed by atoms with van der Waals surface area (Å²) >= 11 is 0. The monoisotopic (exact) mass is 320 g/mol. The van der Waals surface area contributed by atoms with E-state index >= 15 is 0 Å². The fourth-order valence-electron chi connectivity index (χ4n) is 2.67. The van der Waals surface area contributed by atoms with Crippen molar-refractivity contribution in [1.29, 1.82) is 0 Å². The highest BCUT2D eigenvalue weighted by Crippen LogP contribution is 2.29. The van der Waals surface area contributed by atoms with Gasteiger partial charge in [0.15, 0.2) is 6.04 Å². The molecular weight excluding hydrogens is 296 g/mol. The predicted molar refractivity (Wildman–Crippen MR) is 87.4 cm³/mol. The summed E-state index contributed by atoms with van der Waals surface area (Å²) in [4.78, 5) is 24.9. The van der Waals surface area contributed by atoms with Crippen molar-refractivity contribution >= 4 is 17.7 Å². The van der Waals surface area contributed by atoms with Gasteiger partial charge in [-0.1, -0.05) is 18.2 Å². The van der Waals surface area contributed by atoms with Crippen molar-refractivity contribution in [3.8, 4) is 0 Å². The van der Waals surface area contributed by atoms with Gasteiger partial charge in [-0.05, 0) is 45.7 Å². The molecule has 1 aliphatic heterocycles. The SMILES string of the molecule is CC(C)(C)OC(=O)[N+]1([O-])CCCCC1C(=O)Nc1ccccc1. The van der Waals surface area contributed by atoms with Gasteiger partial charge in [-0.2, -0.15) is 4.79 Å². The second-order valence-corrected chi connectivity index (χ2v) is 6.87. The zero-order valence-corrected chi connectivity index (χ0v) is 13.9. The standard InChI is InChI=1S/C17H24N2O4/c1-17(2,3)23-16(21)19(22)12-8-7-11-14(19)15(20)18-13-9-5-4-6-10-13/h4-6,9-10,14H,7-8,11-12H2,1-3H3,(H,18,20). The Morgan fingerprint density at radius 2 is 1.87 bits per heavy atom. The Kier molecular flexibility index (Phi) is 5.06. The fourth-order valence-corrected chi connectivity index (χ4v) is 2.67. The molecule has 0 radical (unpaired) electrons. The Morgan fingerprint density at radius 3 is 2.48 bits per heavy atom. The number of nitrogens with zero attached hydrogens (tertiary/aromatic N) is 1. The first-order valence-corrected chi connectivity index (χ1v) is 7.90. The molecule has 2 atom stereocenters. The Morgan fingerprint density at radius 1 is 1.22 bits per heavy atom. The Labute approximate surface area is 136 Å². The van der Waals surface area contributed by atoms with E-state index in [1.807, 2.05) is 6.07 Å². The quantitative estimate of drug-likeness (QED) is 0.669. The van der Waals surface area contributed by atoms with Gasteiger partial charge in [-0.15, -0.1) is 0 Å². The molecule has 23 heavy (non-hydrogen) atoms. The molecule has 1 aliphatic rings. The molecule has 1 N–H and O–H groups in total. The number of nitrogens with one attached hydrogen (secondary N) is 1. The molecular formula is C17H24N2O4. The second-order valence-electron chi connectivity index (χ2n) is 6.87. The van der Waals surface area contributed by atoms with Crippen LogP contribution in [0.3, 0.4) is 0 Å². The van der Waals surface area contributed by atoms with E-state index in [2.05, 4.69) is 5.32 Å². The first-order chi connectivity index (χ1) is 10.7. The van der Waals surface area contributed by atoms with Gasteiger partial charge >= 0.3 is 6.09 Å². The molecule has 0 bridgehead atoms. The number of carbonyl (C=O) groups excluding carboxylic acids is 2. The van der Waals surface area contributed by atoms with Gasteiger partial charge < -0.3 is 15.3 Å². The van der Waals surface area contributed by atoms with E-state index in [0.717, 1.165) is 6.42 Å². The molecule has 0 aliphatic carbocycles. The van der Waals surface area contributed by atoms with Gasteiger partial charge in [0.1, 0.15) is 5.60 Å². The van der Waals surface area contributed by atoms with Crippen molar-refractivity contribution < 1.29 is 19.0 Å². The van der Waals surface area contributed by atoms with E-state index in [-0.39, 0.29) is 6.54 Å². The van der Waals surface area contributed by atoms with E-state index in [1.54, 1.807) is 45.0 Å². The number of benzene rings is 1. The summed E-state index contributed by atoms with van der Waals surface area (Å²) in [5.74, 6) is -0.434. The Bertz CT molecular complexity index is 568. The van der Waals surface area contributed by atoms with Crippen molar-refractivity contribution in [2.24, 2.45) is 0 Å². The zero-order chi connectivity index (χ0) is 17.1. The topological polar surface area (TPSA) is 78.5 Å². The number of carbonyl (C=O) groups is 2. The summed E-state index contributed by atoms with van der Waals surface area (Å²) in [7, 11) is 0. The van der Waals surface area contributed by atoms with Crippen molar-refractivity contribution in [3.05, 3.63) is 35.5 Å². The van der Waals surface area contributed by atoms with Gasteiger partial charge in [0.2, 0.25) is 0 Å². The largest absolute Gasteiger partial charge is 0.622 e. The third-order valence-corrected chi connectivity index (χ3v) is 3.77. The van der Waals surface area contributed by atoms with Crippen LogP contribution in [-0.4, -0.2) is 34.8 Å². The van der Waals surface area contributed by atoms with Crippen LogP contribution in [0, 0.1) is 5.21 Å². The van der Waals surface area contributed by atoms with Gasteiger partial charge in [0.05, 0.1) is 6.54 Å². The van der Waals surface area contributed by atoms with E-state index in [9.17, 15) is 14.8 Å². The summed E-state index contributed by atoms with van der Waals surface area (Å²) in [5.41, 5.74) is -0.149. The molecule has 0 spiro atoms. The third-order valence-electron chi connectivity index (χ3n) is 3.77. The molecule has 0 saturated carbocycles. The smallest absolute Gasteiger partial charge is 0.517 e. The first kappa shape index (κ1) is 17.4. The van der Waals surface area contributed by atoms with Crippen LogP contribution < -0.4 is 5.32 Å². The number of hydroxylamine groups is 3. The average Bonchev–Trinajstić information content (AvgIpc) is 2.47. The first-order valence-electron chi connectivity index (χ1n) is 7.90. The number of quaternary nitrogens is 1. The van der Waals surface area contributed by atoms with E-state index < -0.39 is 28.3 Å². The molecule has 2 rings (SSSR count). The van der Waals surface area contributed by atoms with Crippen LogP contribution in [0.5, 0.6) is 0 Å². The summed E-state index contributed by atoms with van der Waals surface area (Å²) < 4.78 is 4.01. The van der Waals surface area contributed by atoms with Crippen LogP contribution in [0.15, 0.2) is 30.3 Å². The number of hydrogen-bond acceptors (Lipinski definition) is 4. The molecule has 6 nitrogen and oxygen atoms in total. The lowest BCUT2D eigenvalue weighted by Crippen LogP contribution is -2.62. The van der Waals surface area contributed by atoms with Crippen LogP contribution in [0.1, 0.15) is 40.0 Å². The summed E-state index contributed by atoms with van der Waals surface area (Å²) in [6.45, 7) is 5.20. The minimum Gasteiger partial charge on any atom is -0.622 e. The number of para-hydroxylation sites is 1. The maximum absolute atomic E-state index is 13.1. The number of ether oxygens (including phenoxy) is 1. The summed E-state index contributed by atoms with van der Waals surface area (Å²) in [6.07, 6.45) is 0.849. The van der Waals surface area contributed by atoms with E-state index in [1.165, 1.54) is 0 Å². The van der Waals surface area contributed by atoms with Crippen LogP contribution in [0.2, 0.25) is 0 Å². The van der Waals surface area contributed by atoms with Crippen molar-refractivity contribution in [3.63, 3.8) is 0 Å². The molecule has 1 saturated heterocycles. The highest BCUT2D eigenvalue weighted by Gasteiger charge is 2.46. The minimum absolute atomic E-state index is 0.0712. The molecule has 0 aromatic heterocycles. The average molecular weight is 320 g/mol. The molecule has 1 aromatic carbocycles. The highest BCUT2D eigenvalue weighted by molar-refractivity contribution is 5.95. The van der Waals surface area contributed by atoms with Crippen LogP contribution in [0.25, 0.3) is 0 Å². The summed E-state index contributed by atoms with van der Waals surface area (Å²) in [6, 6.07) is 7.94. The molecule has 1 aromatic rings.